The largest absolute Gasteiger partial charge is 0.369 e. The summed E-state index contributed by atoms with van der Waals surface area (Å²) < 4.78 is 4.90. The Kier molecular flexibility index (Phi) is 7.91. The lowest BCUT2D eigenvalue weighted by Crippen LogP contribution is -2.37. The van der Waals surface area contributed by atoms with Crippen molar-refractivity contribution in [1.29, 1.82) is 0 Å². The van der Waals surface area contributed by atoms with Crippen molar-refractivity contribution in [3.63, 3.8) is 0 Å². The molecule has 0 unspecified atom stereocenters. The Morgan fingerprint density at radius 3 is 1.46 bits per heavy atom. The second kappa shape index (κ2) is 10.4. The lowest BCUT2D eigenvalue weighted by atomic mass is 10.2. The second-order valence-corrected chi connectivity index (χ2v) is 9.93. The van der Waals surface area contributed by atoms with Crippen LogP contribution in [0.15, 0.2) is 45.5 Å². The highest BCUT2D eigenvalue weighted by Gasteiger charge is 2.20. The van der Waals surface area contributed by atoms with Gasteiger partial charge in [0.2, 0.25) is 26.2 Å². The van der Waals surface area contributed by atoms with Crippen LogP contribution >= 0.6 is 23.5 Å². The van der Waals surface area contributed by atoms with E-state index in [4.69, 9.17) is 0 Å². The highest BCUT2D eigenvalue weighted by atomic mass is 32.2. The van der Waals surface area contributed by atoms with E-state index in [1.54, 1.807) is 0 Å². The summed E-state index contributed by atoms with van der Waals surface area (Å²) in [7, 11) is 4.35. The van der Waals surface area contributed by atoms with Crippen LogP contribution in [0.1, 0.15) is 13.8 Å². The molecule has 0 amide bonds. The van der Waals surface area contributed by atoms with Crippen molar-refractivity contribution in [1.82, 2.24) is 9.80 Å². The molecule has 28 heavy (non-hydrogen) atoms. The normalized spacial score (nSPS) is 24.7. The molecule has 3 saturated heterocycles. The van der Waals surface area contributed by atoms with E-state index in [9.17, 15) is 0 Å². The van der Waals surface area contributed by atoms with Crippen molar-refractivity contribution in [2.24, 2.45) is 0 Å². The Labute approximate surface area is 179 Å². The van der Waals surface area contributed by atoms with Gasteiger partial charge in [-0.3, -0.25) is 0 Å². The van der Waals surface area contributed by atoms with Crippen molar-refractivity contribution in [3.05, 3.63) is 45.5 Å². The van der Waals surface area contributed by atoms with Gasteiger partial charge < -0.3 is 9.80 Å². The molecule has 3 aliphatic rings. The molecule has 0 aliphatic carbocycles. The van der Waals surface area contributed by atoms with Crippen LogP contribution in [-0.2, 0) is 0 Å². The van der Waals surface area contributed by atoms with Gasteiger partial charge >= 0.3 is 0 Å². The Balaban J connectivity index is 1.53. The number of hydrogen-bond donors (Lipinski definition) is 0. The van der Waals surface area contributed by atoms with Gasteiger partial charge in [-0.2, -0.15) is 0 Å². The first-order valence-corrected chi connectivity index (χ1v) is 12.1. The predicted octanol–water partition coefficient (Wildman–Crippen LogP) is 3.10. The summed E-state index contributed by atoms with van der Waals surface area (Å²) in [4.78, 5) is 4.66. The minimum atomic E-state index is 1.08. The zero-order valence-corrected chi connectivity index (χ0v) is 19.4. The quantitative estimate of drug-likeness (QED) is 0.650. The zero-order chi connectivity index (χ0) is 19.9. The third kappa shape index (κ3) is 6.31. The molecule has 0 atom stereocenters. The van der Waals surface area contributed by atoms with E-state index in [-0.39, 0.29) is 0 Å². The number of piperazine rings is 1. The number of thioether (sulfide) groups is 2. The average Bonchev–Trinajstić information content (AvgIpc) is 3.27. The lowest BCUT2D eigenvalue weighted by Gasteiger charge is -2.11. The van der Waals surface area contributed by atoms with Crippen molar-refractivity contribution >= 4 is 36.0 Å². The molecular formula is C22H34N4S2+2. The molecule has 152 valence electrons. The van der Waals surface area contributed by atoms with E-state index in [2.05, 4.69) is 83.6 Å². The first-order chi connectivity index (χ1) is 13.5. The van der Waals surface area contributed by atoms with E-state index >= 15 is 0 Å². The summed E-state index contributed by atoms with van der Waals surface area (Å²) in [6.07, 6.45) is 13.7. The summed E-state index contributed by atoms with van der Waals surface area (Å²) in [5, 5.41) is 2.76. The van der Waals surface area contributed by atoms with Crippen molar-refractivity contribution in [2.75, 3.05) is 64.9 Å². The van der Waals surface area contributed by atoms with Crippen LogP contribution < -0.4 is 0 Å². The fraction of sp³-hybridized carbons (Fsp3) is 0.545. The maximum absolute atomic E-state index is 2.45. The molecule has 4 nitrogen and oxygen atoms in total. The Morgan fingerprint density at radius 1 is 0.750 bits per heavy atom. The summed E-state index contributed by atoms with van der Waals surface area (Å²) in [6, 6.07) is 0. The second-order valence-electron chi connectivity index (χ2n) is 7.70. The van der Waals surface area contributed by atoms with Gasteiger partial charge in [-0.1, -0.05) is 12.2 Å². The molecule has 0 aromatic heterocycles. The molecule has 6 heteroatoms. The molecule has 3 rings (SSSR count). The number of allylic oxidation sites excluding steroid dienone is 6. The van der Waals surface area contributed by atoms with Crippen LogP contribution in [0.2, 0.25) is 0 Å². The van der Waals surface area contributed by atoms with Gasteiger partial charge in [0.05, 0.1) is 10.1 Å². The first kappa shape index (κ1) is 21.3. The molecule has 3 aliphatic heterocycles. The molecular weight excluding hydrogens is 384 g/mol. The molecule has 0 N–H and O–H groups in total. The topological polar surface area (TPSA) is 12.5 Å². The summed E-state index contributed by atoms with van der Waals surface area (Å²) >= 11 is 3.89. The average molecular weight is 419 g/mol. The summed E-state index contributed by atoms with van der Waals surface area (Å²) in [5.74, 6) is 2.41. The van der Waals surface area contributed by atoms with E-state index in [0.29, 0.717) is 0 Å². The van der Waals surface area contributed by atoms with Crippen LogP contribution in [0, 0.1) is 0 Å². The lowest BCUT2D eigenvalue weighted by molar-refractivity contribution is -0.660. The van der Waals surface area contributed by atoms with E-state index in [1.807, 2.05) is 23.5 Å². The van der Waals surface area contributed by atoms with Gasteiger partial charge in [0.25, 0.3) is 0 Å². The highest BCUT2D eigenvalue weighted by molar-refractivity contribution is 8.03. The van der Waals surface area contributed by atoms with Gasteiger partial charge in [-0.25, -0.2) is 9.15 Å². The fourth-order valence-corrected chi connectivity index (χ4v) is 5.53. The van der Waals surface area contributed by atoms with Crippen molar-refractivity contribution < 1.29 is 9.15 Å². The number of rotatable bonds is 4. The van der Waals surface area contributed by atoms with Crippen LogP contribution in [0.25, 0.3) is 0 Å². The van der Waals surface area contributed by atoms with Crippen LogP contribution in [0.3, 0.4) is 0 Å². The van der Waals surface area contributed by atoms with Crippen molar-refractivity contribution in [3.8, 4) is 0 Å². The van der Waals surface area contributed by atoms with E-state index < -0.39 is 0 Å². The first-order valence-electron chi connectivity index (χ1n) is 10.1. The molecule has 0 aromatic carbocycles. The van der Waals surface area contributed by atoms with E-state index in [1.165, 1.54) is 32.7 Å². The summed E-state index contributed by atoms with van der Waals surface area (Å²) in [6.45, 7) is 11.1. The number of nitrogens with zero attached hydrogens (tertiary/aromatic N) is 4. The SMILES string of the molecule is CC(=CC=C1SCCN1C)C=[N+]1CC[N+](=CC(C)=CC=C2SCCN2C)CC1. The van der Waals surface area contributed by atoms with E-state index in [0.717, 1.165) is 39.3 Å². The standard InChI is InChI=1S/C22H34N4S2/c1-19(5-7-21-23(3)13-15-27-21)17-25-9-11-26(12-10-25)18-20(2)6-8-22-24(4)14-16-28-22/h5-8,17-18H,9-16H2,1-4H3/q+2. The molecule has 3 heterocycles. The van der Waals surface area contributed by atoms with Crippen LogP contribution in [0.5, 0.6) is 0 Å². The van der Waals surface area contributed by atoms with Gasteiger partial charge in [0, 0.05) is 49.8 Å². The molecule has 0 spiro atoms. The van der Waals surface area contributed by atoms with Crippen LogP contribution in [0.4, 0.5) is 0 Å². The minimum Gasteiger partial charge on any atom is -0.369 e. The van der Waals surface area contributed by atoms with Crippen LogP contribution in [-0.4, -0.2) is 96.2 Å². The Morgan fingerprint density at radius 2 is 1.14 bits per heavy atom. The molecule has 0 aromatic rings. The molecule has 3 fully saturated rings. The Hall–Kier alpha value is -1.40. The molecule has 0 bridgehead atoms. The summed E-state index contributed by atoms with van der Waals surface area (Å²) in [5.41, 5.74) is 2.65. The number of hydrogen-bond acceptors (Lipinski definition) is 4. The maximum Gasteiger partial charge on any atom is 0.201 e. The molecule has 0 radical (unpaired) electrons. The third-order valence-electron chi connectivity index (χ3n) is 5.20. The van der Waals surface area contributed by atoms with Gasteiger partial charge in [0.15, 0.2) is 12.4 Å². The monoisotopic (exact) mass is 418 g/mol. The Bertz CT molecular complexity index is 682. The molecule has 0 saturated carbocycles. The zero-order valence-electron chi connectivity index (χ0n) is 17.7. The van der Waals surface area contributed by atoms with Gasteiger partial charge in [0.1, 0.15) is 0 Å². The van der Waals surface area contributed by atoms with Gasteiger partial charge in [-0.05, 0) is 26.0 Å². The minimum absolute atomic E-state index is 1.08. The fourth-order valence-electron chi connectivity index (χ4n) is 3.43. The third-order valence-corrected chi connectivity index (χ3v) is 7.47. The maximum atomic E-state index is 2.45. The smallest absolute Gasteiger partial charge is 0.201 e. The van der Waals surface area contributed by atoms with Crippen molar-refractivity contribution in [2.45, 2.75) is 13.8 Å². The predicted molar refractivity (Wildman–Crippen MR) is 126 cm³/mol. The highest BCUT2D eigenvalue weighted by Crippen LogP contribution is 2.26. The van der Waals surface area contributed by atoms with Gasteiger partial charge in [-0.15, -0.1) is 23.5 Å².